The molecule has 122 valence electrons. The third kappa shape index (κ3) is 4.97. The minimum Gasteiger partial charge on any atom is -0.421 e. The van der Waals surface area contributed by atoms with Crippen LogP contribution in [0.25, 0.3) is 6.08 Å². The average molecular weight is 328 g/mol. The van der Waals surface area contributed by atoms with E-state index in [9.17, 15) is 4.79 Å². The first-order chi connectivity index (χ1) is 12.3. The summed E-state index contributed by atoms with van der Waals surface area (Å²) in [6, 6.07) is 26.0. The van der Waals surface area contributed by atoms with Gasteiger partial charge in [0.2, 0.25) is 0 Å². The Labute approximate surface area is 146 Å². The van der Waals surface area contributed by atoms with Crippen molar-refractivity contribution in [1.82, 2.24) is 0 Å². The Morgan fingerprint density at radius 3 is 2.16 bits per heavy atom. The van der Waals surface area contributed by atoms with Crippen LogP contribution in [0.1, 0.15) is 5.56 Å². The van der Waals surface area contributed by atoms with Crippen molar-refractivity contribution in [2.24, 2.45) is 10.2 Å². The third-order valence-electron chi connectivity index (χ3n) is 3.32. The summed E-state index contributed by atoms with van der Waals surface area (Å²) in [6.07, 6.45) is 3.09. The minimum atomic E-state index is -0.466. The fourth-order valence-corrected chi connectivity index (χ4v) is 2.10. The lowest BCUT2D eigenvalue weighted by Gasteiger charge is -2.04. The van der Waals surface area contributed by atoms with Crippen molar-refractivity contribution in [3.05, 3.63) is 96.6 Å². The van der Waals surface area contributed by atoms with Crippen molar-refractivity contribution in [2.45, 2.75) is 0 Å². The molecule has 0 radical (unpaired) electrons. The number of carbonyl (C=O) groups excluding carboxylic acids is 1. The molecule has 4 nitrogen and oxygen atoms in total. The van der Waals surface area contributed by atoms with E-state index in [1.807, 2.05) is 66.7 Å². The minimum absolute atomic E-state index is 0.366. The molecule has 0 fully saturated rings. The van der Waals surface area contributed by atoms with E-state index in [1.54, 1.807) is 24.3 Å². The Morgan fingerprint density at radius 2 is 1.40 bits per heavy atom. The fourth-order valence-electron chi connectivity index (χ4n) is 2.10. The van der Waals surface area contributed by atoms with Crippen LogP contribution in [0.5, 0.6) is 5.75 Å². The molecule has 0 saturated carbocycles. The smallest absolute Gasteiger partial charge is 0.336 e. The van der Waals surface area contributed by atoms with Crippen LogP contribution in [0, 0.1) is 0 Å². The lowest BCUT2D eigenvalue weighted by atomic mass is 10.2. The lowest BCUT2D eigenvalue weighted by molar-refractivity contribution is -0.128. The van der Waals surface area contributed by atoms with Gasteiger partial charge in [-0.15, -0.1) is 5.11 Å². The summed E-state index contributed by atoms with van der Waals surface area (Å²) in [5, 5.41) is 8.33. The Balaban J connectivity index is 1.71. The highest BCUT2D eigenvalue weighted by molar-refractivity contribution is 5.89. The van der Waals surface area contributed by atoms with Crippen LogP contribution in [0.4, 0.5) is 11.4 Å². The molecule has 3 rings (SSSR count). The van der Waals surface area contributed by atoms with E-state index in [1.165, 1.54) is 6.08 Å². The number of azo groups is 1. The van der Waals surface area contributed by atoms with Gasteiger partial charge in [0.1, 0.15) is 5.69 Å². The zero-order valence-electron chi connectivity index (χ0n) is 13.4. The Kier molecular flexibility index (Phi) is 5.46. The lowest BCUT2D eigenvalue weighted by Crippen LogP contribution is -2.03. The SMILES string of the molecule is O=C(C=Cc1ccccc1)Oc1ccccc1N=Nc1ccccc1. The predicted molar refractivity (Wildman–Crippen MR) is 98.2 cm³/mol. The number of ether oxygens (including phenoxy) is 1. The van der Waals surface area contributed by atoms with E-state index in [4.69, 9.17) is 4.74 Å². The zero-order valence-corrected chi connectivity index (χ0v) is 13.4. The van der Waals surface area contributed by atoms with E-state index < -0.39 is 5.97 Å². The normalized spacial score (nSPS) is 11.0. The number of nitrogens with zero attached hydrogens (tertiary/aromatic N) is 2. The van der Waals surface area contributed by atoms with Gasteiger partial charge in [0.15, 0.2) is 5.75 Å². The molecule has 0 N–H and O–H groups in total. The molecule has 0 spiro atoms. The highest BCUT2D eigenvalue weighted by Crippen LogP contribution is 2.28. The molecule has 0 aliphatic carbocycles. The van der Waals surface area contributed by atoms with Crippen LogP contribution in [-0.2, 0) is 4.79 Å². The maximum atomic E-state index is 12.0. The van der Waals surface area contributed by atoms with Gasteiger partial charge in [-0.1, -0.05) is 60.7 Å². The van der Waals surface area contributed by atoms with Crippen LogP contribution in [0.3, 0.4) is 0 Å². The average Bonchev–Trinajstić information content (AvgIpc) is 2.67. The van der Waals surface area contributed by atoms with Gasteiger partial charge in [-0.05, 0) is 35.9 Å². The van der Waals surface area contributed by atoms with Crippen LogP contribution in [-0.4, -0.2) is 5.97 Å². The van der Waals surface area contributed by atoms with Crippen molar-refractivity contribution in [2.75, 3.05) is 0 Å². The standard InChI is InChI=1S/C21H16N2O2/c24-21(16-15-17-9-3-1-4-10-17)25-20-14-8-7-13-19(20)23-22-18-11-5-2-6-12-18/h1-16H. The predicted octanol–water partition coefficient (Wildman–Crippen LogP) is 5.72. The quantitative estimate of drug-likeness (QED) is 0.260. The number of esters is 1. The summed E-state index contributed by atoms with van der Waals surface area (Å²) >= 11 is 0. The van der Waals surface area contributed by atoms with E-state index in [2.05, 4.69) is 10.2 Å². The van der Waals surface area contributed by atoms with Crippen LogP contribution >= 0.6 is 0 Å². The molecule has 0 saturated heterocycles. The number of benzene rings is 3. The molecule has 3 aromatic carbocycles. The Morgan fingerprint density at radius 1 is 0.760 bits per heavy atom. The van der Waals surface area contributed by atoms with Crippen molar-refractivity contribution < 1.29 is 9.53 Å². The summed E-state index contributed by atoms with van der Waals surface area (Å²) in [4.78, 5) is 12.0. The summed E-state index contributed by atoms with van der Waals surface area (Å²) in [5.74, 6) is -0.101. The number of hydrogen-bond acceptors (Lipinski definition) is 4. The zero-order chi connectivity index (χ0) is 17.3. The highest BCUT2D eigenvalue weighted by Gasteiger charge is 2.06. The number of carbonyl (C=O) groups is 1. The fraction of sp³-hybridized carbons (Fsp3) is 0. The second-order valence-electron chi connectivity index (χ2n) is 5.17. The summed E-state index contributed by atoms with van der Waals surface area (Å²) in [6.45, 7) is 0. The van der Waals surface area contributed by atoms with E-state index >= 15 is 0 Å². The van der Waals surface area contributed by atoms with E-state index in [0.29, 0.717) is 11.4 Å². The van der Waals surface area contributed by atoms with Gasteiger partial charge in [0.25, 0.3) is 0 Å². The molecule has 4 heteroatoms. The van der Waals surface area contributed by atoms with Gasteiger partial charge >= 0.3 is 5.97 Å². The second-order valence-corrected chi connectivity index (χ2v) is 5.17. The van der Waals surface area contributed by atoms with E-state index in [-0.39, 0.29) is 0 Å². The Hall–Kier alpha value is -3.53. The molecule has 0 atom stereocenters. The molecule has 0 aliphatic heterocycles. The van der Waals surface area contributed by atoms with Crippen LogP contribution < -0.4 is 4.74 Å². The van der Waals surface area contributed by atoms with Crippen molar-refractivity contribution >= 4 is 23.4 Å². The molecule has 25 heavy (non-hydrogen) atoms. The van der Waals surface area contributed by atoms with Gasteiger partial charge in [0.05, 0.1) is 5.69 Å². The topological polar surface area (TPSA) is 51.0 Å². The van der Waals surface area contributed by atoms with Crippen molar-refractivity contribution in [1.29, 1.82) is 0 Å². The molecule has 0 amide bonds. The van der Waals surface area contributed by atoms with Crippen molar-refractivity contribution in [3.63, 3.8) is 0 Å². The molecule has 0 aliphatic rings. The molecule has 0 bridgehead atoms. The molecule has 3 aromatic rings. The third-order valence-corrected chi connectivity index (χ3v) is 3.32. The van der Waals surface area contributed by atoms with Gasteiger partial charge in [0, 0.05) is 6.08 Å². The summed E-state index contributed by atoms with van der Waals surface area (Å²) in [7, 11) is 0. The maximum absolute atomic E-state index is 12.0. The van der Waals surface area contributed by atoms with Crippen molar-refractivity contribution in [3.8, 4) is 5.75 Å². The van der Waals surface area contributed by atoms with Gasteiger partial charge in [-0.2, -0.15) is 5.11 Å². The van der Waals surface area contributed by atoms with Gasteiger partial charge < -0.3 is 4.74 Å². The molecular formula is C21H16N2O2. The first kappa shape index (κ1) is 16.3. The number of hydrogen-bond donors (Lipinski definition) is 0. The first-order valence-electron chi connectivity index (χ1n) is 7.82. The maximum Gasteiger partial charge on any atom is 0.336 e. The molecule has 0 heterocycles. The van der Waals surface area contributed by atoms with Gasteiger partial charge in [-0.25, -0.2) is 4.79 Å². The summed E-state index contributed by atoms with van der Waals surface area (Å²) in [5.41, 5.74) is 2.15. The number of rotatable bonds is 5. The molecule has 0 unspecified atom stereocenters. The summed E-state index contributed by atoms with van der Waals surface area (Å²) < 4.78 is 5.38. The monoisotopic (exact) mass is 328 g/mol. The molecule has 0 aromatic heterocycles. The van der Waals surface area contributed by atoms with E-state index in [0.717, 1.165) is 11.3 Å². The Bertz CT molecular complexity index is 888. The first-order valence-corrected chi connectivity index (χ1v) is 7.82. The number of para-hydroxylation sites is 1. The van der Waals surface area contributed by atoms with Gasteiger partial charge in [-0.3, -0.25) is 0 Å². The van der Waals surface area contributed by atoms with Crippen LogP contribution in [0.2, 0.25) is 0 Å². The molecular weight excluding hydrogens is 312 g/mol. The highest BCUT2D eigenvalue weighted by atomic mass is 16.5. The second kappa shape index (κ2) is 8.36. The van der Waals surface area contributed by atoms with Crippen LogP contribution in [0.15, 0.2) is 101 Å². The largest absolute Gasteiger partial charge is 0.421 e.